The fraction of sp³-hybridized carbons (Fsp3) is 0.467. The van der Waals surface area contributed by atoms with Crippen LogP contribution in [0.2, 0.25) is 0 Å². The molecule has 0 spiro atoms. The van der Waals surface area contributed by atoms with E-state index in [4.69, 9.17) is 9.84 Å². The number of amides is 1. The Bertz CT molecular complexity index is 490. The Kier molecular flexibility index (Phi) is 5.30. The minimum atomic E-state index is -1.09. The zero-order valence-corrected chi connectivity index (χ0v) is 11.6. The molecule has 6 heteroatoms. The van der Waals surface area contributed by atoms with Crippen LogP contribution in [0.5, 0.6) is 0 Å². The van der Waals surface area contributed by atoms with Crippen LogP contribution >= 0.6 is 0 Å². The summed E-state index contributed by atoms with van der Waals surface area (Å²) >= 11 is 0. The van der Waals surface area contributed by atoms with Crippen molar-refractivity contribution in [3.63, 3.8) is 0 Å². The van der Waals surface area contributed by atoms with Crippen molar-refractivity contribution in [2.24, 2.45) is 5.92 Å². The molecule has 0 saturated carbocycles. The molecule has 6 nitrogen and oxygen atoms in total. The van der Waals surface area contributed by atoms with Crippen molar-refractivity contribution in [2.75, 3.05) is 19.8 Å². The van der Waals surface area contributed by atoms with Crippen LogP contribution in [0.4, 0.5) is 0 Å². The summed E-state index contributed by atoms with van der Waals surface area (Å²) in [6.07, 6.45) is 0.193. The highest BCUT2D eigenvalue weighted by Gasteiger charge is 2.37. The number of hydrogen-bond acceptors (Lipinski definition) is 4. The zero-order chi connectivity index (χ0) is 15.2. The van der Waals surface area contributed by atoms with Crippen LogP contribution < -0.4 is 0 Å². The molecule has 2 N–H and O–H groups in total. The van der Waals surface area contributed by atoms with Crippen molar-refractivity contribution < 1.29 is 24.5 Å². The molecule has 2 rings (SSSR count). The molecule has 2 atom stereocenters. The molecule has 114 valence electrons. The Morgan fingerprint density at radius 3 is 2.67 bits per heavy atom. The maximum Gasteiger partial charge on any atom is 0.328 e. The second-order valence-corrected chi connectivity index (χ2v) is 5.15. The lowest BCUT2D eigenvalue weighted by atomic mass is 10.1. The van der Waals surface area contributed by atoms with Gasteiger partial charge in [0.2, 0.25) is 5.91 Å². The molecule has 1 aliphatic heterocycles. The first-order valence-electron chi connectivity index (χ1n) is 6.86. The fourth-order valence-electron chi connectivity index (χ4n) is 2.39. The van der Waals surface area contributed by atoms with Gasteiger partial charge in [-0.1, -0.05) is 30.3 Å². The van der Waals surface area contributed by atoms with Gasteiger partial charge in [-0.3, -0.25) is 4.79 Å². The van der Waals surface area contributed by atoms with Crippen molar-refractivity contribution in [2.45, 2.75) is 19.1 Å². The predicted octanol–water partition coefficient (Wildman–Crippen LogP) is 0.497. The van der Waals surface area contributed by atoms with E-state index in [0.29, 0.717) is 6.61 Å². The van der Waals surface area contributed by atoms with Gasteiger partial charge in [0.1, 0.15) is 0 Å². The molecule has 0 aromatic heterocycles. The van der Waals surface area contributed by atoms with E-state index < -0.39 is 12.0 Å². The molecule has 0 aliphatic carbocycles. The first-order valence-corrected chi connectivity index (χ1v) is 6.86. The maximum absolute atomic E-state index is 11.8. The highest BCUT2D eigenvalue weighted by Crippen LogP contribution is 2.20. The van der Waals surface area contributed by atoms with Gasteiger partial charge in [0.05, 0.1) is 13.2 Å². The van der Waals surface area contributed by atoms with Gasteiger partial charge >= 0.3 is 5.97 Å². The summed E-state index contributed by atoms with van der Waals surface area (Å²) < 4.78 is 5.44. The standard InChI is InChI=1S/C15H19NO5/c17-8-12-6-14(18)16(7-12)13(15(19)20)10-21-9-11-4-2-1-3-5-11/h1-5,12-13,17H,6-10H2,(H,19,20)/t12?,13-/m0/s1. The molecule has 0 bridgehead atoms. The van der Waals surface area contributed by atoms with Crippen LogP contribution in [-0.2, 0) is 20.9 Å². The zero-order valence-electron chi connectivity index (χ0n) is 11.6. The fourth-order valence-corrected chi connectivity index (χ4v) is 2.39. The van der Waals surface area contributed by atoms with Gasteiger partial charge in [0.25, 0.3) is 0 Å². The van der Waals surface area contributed by atoms with E-state index in [1.54, 1.807) is 0 Å². The third-order valence-electron chi connectivity index (χ3n) is 3.55. The highest BCUT2D eigenvalue weighted by molar-refractivity contribution is 5.85. The number of carboxylic acids is 1. The molecule has 1 aliphatic rings. The molecule has 1 amide bonds. The number of benzene rings is 1. The Labute approximate surface area is 122 Å². The van der Waals surface area contributed by atoms with E-state index >= 15 is 0 Å². The molecule has 1 aromatic carbocycles. The third-order valence-corrected chi connectivity index (χ3v) is 3.55. The highest BCUT2D eigenvalue weighted by atomic mass is 16.5. The van der Waals surface area contributed by atoms with E-state index in [2.05, 4.69) is 0 Å². The summed E-state index contributed by atoms with van der Waals surface area (Å²) in [5, 5.41) is 18.4. The smallest absolute Gasteiger partial charge is 0.328 e. The summed E-state index contributed by atoms with van der Waals surface area (Å²) in [4.78, 5) is 24.4. The van der Waals surface area contributed by atoms with Gasteiger partial charge < -0.3 is 19.8 Å². The van der Waals surface area contributed by atoms with E-state index in [1.165, 1.54) is 4.90 Å². The number of likely N-dealkylation sites (tertiary alicyclic amines) is 1. The number of aliphatic hydroxyl groups is 1. The van der Waals surface area contributed by atoms with Crippen LogP contribution in [0, 0.1) is 5.92 Å². The average molecular weight is 293 g/mol. The Balaban J connectivity index is 1.91. The second kappa shape index (κ2) is 7.19. The molecule has 1 fully saturated rings. The number of carbonyl (C=O) groups excluding carboxylic acids is 1. The SMILES string of the molecule is O=C(O)[C@H](COCc1ccccc1)N1CC(CO)CC1=O. The topological polar surface area (TPSA) is 87.1 Å². The van der Waals surface area contributed by atoms with E-state index in [-0.39, 0.29) is 38.0 Å². The largest absolute Gasteiger partial charge is 0.480 e. The molecule has 1 unspecified atom stereocenters. The number of carbonyl (C=O) groups is 2. The maximum atomic E-state index is 11.8. The van der Waals surface area contributed by atoms with Crippen molar-refractivity contribution in [1.82, 2.24) is 4.90 Å². The lowest BCUT2D eigenvalue weighted by Crippen LogP contribution is -2.45. The number of hydrogen-bond donors (Lipinski definition) is 2. The first kappa shape index (κ1) is 15.5. The number of nitrogens with zero attached hydrogens (tertiary/aromatic N) is 1. The first-order chi connectivity index (χ1) is 10.1. The van der Waals surface area contributed by atoms with Crippen LogP contribution in [0.25, 0.3) is 0 Å². The summed E-state index contributed by atoms with van der Waals surface area (Å²) in [5.74, 6) is -1.52. The number of aliphatic hydroxyl groups excluding tert-OH is 1. The minimum Gasteiger partial charge on any atom is -0.480 e. The lowest BCUT2D eigenvalue weighted by Gasteiger charge is -2.24. The molecule has 0 radical (unpaired) electrons. The van der Waals surface area contributed by atoms with Crippen LogP contribution in [0.3, 0.4) is 0 Å². The molecular formula is C15H19NO5. The van der Waals surface area contributed by atoms with Gasteiger partial charge in [-0.05, 0) is 5.56 Å². The van der Waals surface area contributed by atoms with Crippen molar-refractivity contribution in [1.29, 1.82) is 0 Å². The average Bonchev–Trinajstić information content (AvgIpc) is 2.85. The Morgan fingerprint density at radius 2 is 2.10 bits per heavy atom. The van der Waals surface area contributed by atoms with E-state index in [9.17, 15) is 14.7 Å². The molecule has 21 heavy (non-hydrogen) atoms. The number of carboxylic acid groups (broad SMARTS) is 1. The number of ether oxygens (including phenoxy) is 1. The van der Waals surface area contributed by atoms with Gasteiger partial charge in [0, 0.05) is 25.5 Å². The van der Waals surface area contributed by atoms with Gasteiger partial charge in [-0.15, -0.1) is 0 Å². The summed E-state index contributed by atoms with van der Waals surface area (Å²) in [6.45, 7) is 0.393. The van der Waals surface area contributed by atoms with Gasteiger partial charge in [-0.25, -0.2) is 4.79 Å². The third kappa shape index (κ3) is 4.03. The molecular weight excluding hydrogens is 274 g/mol. The number of aliphatic carboxylic acids is 1. The van der Waals surface area contributed by atoms with Crippen LogP contribution in [0.1, 0.15) is 12.0 Å². The Hall–Kier alpha value is -1.92. The summed E-state index contributed by atoms with van der Waals surface area (Å²) in [7, 11) is 0. The summed E-state index contributed by atoms with van der Waals surface area (Å²) in [5.41, 5.74) is 0.947. The normalized spacial score (nSPS) is 19.8. The second-order valence-electron chi connectivity index (χ2n) is 5.15. The van der Waals surface area contributed by atoms with Gasteiger partial charge in [0.15, 0.2) is 6.04 Å². The van der Waals surface area contributed by atoms with Crippen molar-refractivity contribution >= 4 is 11.9 Å². The van der Waals surface area contributed by atoms with Crippen LogP contribution in [0.15, 0.2) is 30.3 Å². The van der Waals surface area contributed by atoms with Crippen molar-refractivity contribution in [3.8, 4) is 0 Å². The molecule has 1 aromatic rings. The predicted molar refractivity (Wildman–Crippen MR) is 74.4 cm³/mol. The van der Waals surface area contributed by atoms with Gasteiger partial charge in [-0.2, -0.15) is 0 Å². The van der Waals surface area contributed by atoms with Crippen molar-refractivity contribution in [3.05, 3.63) is 35.9 Å². The summed E-state index contributed by atoms with van der Waals surface area (Å²) in [6, 6.07) is 8.42. The van der Waals surface area contributed by atoms with E-state index in [0.717, 1.165) is 5.56 Å². The quantitative estimate of drug-likeness (QED) is 0.764. The Morgan fingerprint density at radius 1 is 1.38 bits per heavy atom. The lowest BCUT2D eigenvalue weighted by molar-refractivity contribution is -0.151. The minimum absolute atomic E-state index is 0.0614. The van der Waals surface area contributed by atoms with E-state index in [1.807, 2.05) is 30.3 Å². The van der Waals surface area contributed by atoms with Crippen LogP contribution in [-0.4, -0.2) is 52.8 Å². The molecule has 1 heterocycles. The number of rotatable bonds is 7. The molecule has 1 saturated heterocycles. The monoisotopic (exact) mass is 293 g/mol.